The molecule has 0 amide bonds. The van der Waals surface area contributed by atoms with Gasteiger partial charge in [0.15, 0.2) is 0 Å². The summed E-state index contributed by atoms with van der Waals surface area (Å²) in [5.74, 6) is 0.319. The second-order valence-corrected chi connectivity index (χ2v) is 12.0. The molecule has 2 aliphatic rings. The van der Waals surface area contributed by atoms with Crippen molar-refractivity contribution >= 4 is 34.4 Å². The summed E-state index contributed by atoms with van der Waals surface area (Å²) in [4.78, 5) is 0. The van der Waals surface area contributed by atoms with Gasteiger partial charge in [0.2, 0.25) is 0 Å². The van der Waals surface area contributed by atoms with Crippen LogP contribution in [0.1, 0.15) is 52.1 Å². The van der Waals surface area contributed by atoms with Gasteiger partial charge in [-0.05, 0) is 94.0 Å². The topological polar surface area (TPSA) is 47.2 Å². The monoisotopic (exact) mass is 473 g/mol. The van der Waals surface area contributed by atoms with Gasteiger partial charge in [0.25, 0.3) is 0 Å². The molecule has 4 rings (SSSR count). The van der Waals surface area contributed by atoms with Crippen LogP contribution >= 0.6 is 11.6 Å². The van der Waals surface area contributed by atoms with Crippen LogP contribution in [0.25, 0.3) is 17.3 Å². The summed E-state index contributed by atoms with van der Waals surface area (Å²) in [6, 6.07) is 8.40. The van der Waals surface area contributed by atoms with Crippen molar-refractivity contribution in [3.63, 3.8) is 0 Å². The van der Waals surface area contributed by atoms with Gasteiger partial charge in [0, 0.05) is 29.6 Å². The summed E-state index contributed by atoms with van der Waals surface area (Å²) in [7, 11) is 0.632. The third-order valence-electron chi connectivity index (χ3n) is 6.15. The van der Waals surface area contributed by atoms with Crippen molar-refractivity contribution in [2.24, 2.45) is 23.3 Å². The van der Waals surface area contributed by atoms with E-state index in [1.165, 1.54) is 12.1 Å². The molecule has 2 aromatic rings. The summed E-state index contributed by atoms with van der Waals surface area (Å²) >= 11 is 6.72. The van der Waals surface area contributed by atoms with E-state index in [9.17, 15) is 8.60 Å². The SMILES string of the molecule is Cn1nc(C=CC2=C(Cl)C[C@@H]3CC[C@H](C2)C3=NS(=O)C(C)(C)C)cc1-c1ccc(F)cc1. The molecule has 0 spiro atoms. The molecule has 7 heteroatoms. The van der Waals surface area contributed by atoms with E-state index in [1.807, 2.05) is 40.0 Å². The number of aryl methyl sites for hydroxylation is 1. The van der Waals surface area contributed by atoms with E-state index in [4.69, 9.17) is 11.6 Å². The Balaban J connectivity index is 1.55. The lowest BCUT2D eigenvalue weighted by Gasteiger charge is -2.17. The molecule has 0 saturated heterocycles. The fourth-order valence-electron chi connectivity index (χ4n) is 4.36. The Morgan fingerprint density at radius 2 is 1.81 bits per heavy atom. The molecule has 0 radical (unpaired) electrons. The van der Waals surface area contributed by atoms with Gasteiger partial charge in [-0.15, -0.1) is 0 Å². The highest BCUT2D eigenvalue weighted by molar-refractivity contribution is 7.85. The highest BCUT2D eigenvalue weighted by Crippen LogP contribution is 2.43. The number of rotatable bonds is 4. The van der Waals surface area contributed by atoms with Crippen molar-refractivity contribution in [1.82, 2.24) is 9.78 Å². The maximum absolute atomic E-state index is 13.2. The third-order valence-corrected chi connectivity index (χ3v) is 7.97. The third kappa shape index (κ3) is 4.96. The quantitative estimate of drug-likeness (QED) is 0.511. The Bertz CT molecular complexity index is 1130. The maximum Gasteiger partial charge on any atom is 0.144 e. The number of hydrogen-bond acceptors (Lipinski definition) is 2. The van der Waals surface area contributed by atoms with Crippen LogP contribution in [0.4, 0.5) is 4.39 Å². The Hall–Kier alpha value is -2.05. The Labute approximate surface area is 196 Å². The van der Waals surface area contributed by atoms with E-state index >= 15 is 0 Å². The van der Waals surface area contributed by atoms with Gasteiger partial charge in [-0.25, -0.2) is 8.60 Å². The average Bonchev–Trinajstić information content (AvgIpc) is 3.23. The van der Waals surface area contributed by atoms with Gasteiger partial charge in [-0.1, -0.05) is 17.7 Å². The number of nitrogens with zero attached hydrogens (tertiary/aromatic N) is 3. The van der Waals surface area contributed by atoms with Crippen molar-refractivity contribution in [1.29, 1.82) is 0 Å². The second-order valence-electron chi connectivity index (χ2n) is 9.61. The first kappa shape index (κ1) is 23.1. The van der Waals surface area contributed by atoms with Crippen LogP contribution < -0.4 is 0 Å². The molecular weight excluding hydrogens is 445 g/mol. The molecule has 1 aromatic heterocycles. The lowest BCUT2D eigenvalue weighted by atomic mass is 9.97. The standard InChI is InChI=1S/C25H29ClFN3OS/c1-25(2,3)32(31)29-24-18-5-6-19(24)14-22(26)17(13-18)9-12-21-15-23(30(4)28-21)16-7-10-20(27)11-8-16/h7-12,15,18-19H,5-6,13-14H2,1-4H3/t18-,19+,32?/m1/s1. The van der Waals surface area contributed by atoms with E-state index in [2.05, 4.69) is 15.6 Å². The summed E-state index contributed by atoms with van der Waals surface area (Å²) in [5.41, 5.74) is 4.83. The molecule has 1 unspecified atom stereocenters. The molecule has 4 nitrogen and oxygen atoms in total. The van der Waals surface area contributed by atoms with Crippen LogP contribution in [-0.4, -0.2) is 24.4 Å². The first-order valence-corrected chi connectivity index (χ1v) is 12.5. The minimum Gasteiger partial charge on any atom is -0.267 e. The van der Waals surface area contributed by atoms with Gasteiger partial charge < -0.3 is 0 Å². The molecule has 1 fully saturated rings. The molecule has 170 valence electrons. The number of hydrogen-bond donors (Lipinski definition) is 0. The molecule has 3 atom stereocenters. The van der Waals surface area contributed by atoms with Crippen LogP contribution in [0.15, 0.2) is 51.4 Å². The van der Waals surface area contributed by atoms with E-state index in [0.29, 0.717) is 5.92 Å². The minimum absolute atomic E-state index is 0.255. The number of allylic oxidation sites excluding steroid dienone is 3. The molecule has 1 saturated carbocycles. The first-order valence-electron chi connectivity index (χ1n) is 11.0. The van der Waals surface area contributed by atoms with E-state index in [1.54, 1.807) is 16.8 Å². The van der Waals surface area contributed by atoms with E-state index < -0.39 is 11.0 Å². The molecule has 0 N–H and O–H groups in total. The molecule has 1 aromatic carbocycles. The van der Waals surface area contributed by atoms with Crippen LogP contribution in [0.3, 0.4) is 0 Å². The molecule has 0 aliphatic heterocycles. The fourth-order valence-corrected chi connectivity index (χ4v) is 5.45. The van der Waals surface area contributed by atoms with Crippen LogP contribution in [0.2, 0.25) is 0 Å². The van der Waals surface area contributed by atoms with Gasteiger partial charge in [0.05, 0.1) is 16.1 Å². The predicted molar refractivity (Wildman–Crippen MR) is 131 cm³/mol. The predicted octanol–water partition coefficient (Wildman–Crippen LogP) is 6.46. The van der Waals surface area contributed by atoms with Gasteiger partial charge in [-0.3, -0.25) is 4.68 Å². The maximum atomic E-state index is 13.2. The number of halogens is 2. The van der Waals surface area contributed by atoms with Crippen molar-refractivity contribution < 1.29 is 8.60 Å². The second kappa shape index (κ2) is 9.06. The van der Waals surface area contributed by atoms with Gasteiger partial charge in [-0.2, -0.15) is 9.50 Å². The highest BCUT2D eigenvalue weighted by atomic mass is 35.5. The number of fused-ring (bicyclic) bond motifs is 2. The lowest BCUT2D eigenvalue weighted by Crippen LogP contribution is -2.23. The van der Waals surface area contributed by atoms with Crippen molar-refractivity contribution in [2.75, 3.05) is 0 Å². The van der Waals surface area contributed by atoms with Crippen molar-refractivity contribution in [2.45, 2.75) is 51.2 Å². The lowest BCUT2D eigenvalue weighted by molar-refractivity contribution is 0.602. The number of benzene rings is 1. The summed E-state index contributed by atoms with van der Waals surface area (Å²) < 4.78 is 32.0. The smallest absolute Gasteiger partial charge is 0.144 e. The minimum atomic E-state index is -1.25. The summed E-state index contributed by atoms with van der Waals surface area (Å²) in [5, 5.41) is 5.44. The van der Waals surface area contributed by atoms with E-state index in [-0.39, 0.29) is 16.5 Å². The van der Waals surface area contributed by atoms with Gasteiger partial charge >= 0.3 is 0 Å². The Kier molecular flexibility index (Phi) is 6.55. The van der Waals surface area contributed by atoms with Gasteiger partial charge in [0.1, 0.15) is 16.8 Å². The first-order chi connectivity index (χ1) is 15.1. The van der Waals surface area contributed by atoms with E-state index in [0.717, 1.165) is 59.0 Å². The van der Waals surface area contributed by atoms with Crippen LogP contribution in [-0.2, 0) is 18.0 Å². The zero-order valence-corrected chi connectivity index (χ0v) is 20.5. The molecular formula is C25H29ClFN3OS. The zero-order chi connectivity index (χ0) is 23.0. The molecule has 32 heavy (non-hydrogen) atoms. The number of aromatic nitrogens is 2. The fraction of sp³-hybridized carbons (Fsp3) is 0.440. The van der Waals surface area contributed by atoms with Crippen molar-refractivity contribution in [3.8, 4) is 11.3 Å². The van der Waals surface area contributed by atoms with Crippen molar-refractivity contribution in [3.05, 3.63) is 58.5 Å². The summed E-state index contributed by atoms with van der Waals surface area (Å²) in [6.07, 6.45) is 7.71. The van der Waals surface area contributed by atoms with Crippen LogP contribution in [0.5, 0.6) is 0 Å². The molecule has 2 aliphatic carbocycles. The Morgan fingerprint density at radius 1 is 1.16 bits per heavy atom. The average molecular weight is 474 g/mol. The molecule has 1 heterocycles. The van der Waals surface area contributed by atoms with Crippen LogP contribution in [0, 0.1) is 17.7 Å². The largest absolute Gasteiger partial charge is 0.267 e. The molecule has 2 bridgehead atoms. The highest BCUT2D eigenvalue weighted by Gasteiger charge is 2.37. The zero-order valence-electron chi connectivity index (χ0n) is 18.9. The Morgan fingerprint density at radius 3 is 2.47 bits per heavy atom. The normalized spacial score (nSPS) is 23.9. The summed E-state index contributed by atoms with van der Waals surface area (Å²) in [6.45, 7) is 5.87.